The summed E-state index contributed by atoms with van der Waals surface area (Å²) in [5.74, 6) is 1.10. The summed E-state index contributed by atoms with van der Waals surface area (Å²) in [4.78, 5) is 76.5. The van der Waals surface area contributed by atoms with Gasteiger partial charge in [0.1, 0.15) is 30.6 Å². The number of ketones is 1. The largest absolute Gasteiger partial charge is 0.489 e. The first-order chi connectivity index (χ1) is 42.4. The molecule has 2 aromatic heterocycles. The number of alkyl halides is 6. The quantitative estimate of drug-likeness (QED) is 0.0269. The van der Waals surface area contributed by atoms with Gasteiger partial charge in [0.2, 0.25) is 11.8 Å². The van der Waals surface area contributed by atoms with Crippen molar-refractivity contribution in [1.82, 2.24) is 20.3 Å². The highest BCUT2D eigenvalue weighted by atomic mass is 35.5. The molecule has 2 unspecified atom stereocenters. The number of aliphatic carboxylic acids is 1. The number of nitrogens with zero attached hydrogens (tertiary/aromatic N) is 5. The van der Waals surface area contributed by atoms with Gasteiger partial charge in [-0.2, -0.15) is 17.9 Å². The number of carbonyl (C=O) groups excluding carboxylic acids is 3. The number of rotatable bonds is 18. The number of carboxylic acids is 1. The van der Waals surface area contributed by atoms with Crippen LogP contribution in [0.25, 0.3) is 5.69 Å². The van der Waals surface area contributed by atoms with Crippen LogP contribution in [0, 0.1) is 19.3 Å². The van der Waals surface area contributed by atoms with Crippen molar-refractivity contribution in [3.05, 3.63) is 139 Å². The third-order valence-electron chi connectivity index (χ3n) is 12.7. The Morgan fingerprint density at radius 1 is 0.989 bits per heavy atom. The van der Waals surface area contributed by atoms with Crippen molar-refractivity contribution in [3.63, 3.8) is 0 Å². The molecule has 4 aromatic carbocycles. The summed E-state index contributed by atoms with van der Waals surface area (Å²) in [6.07, 6.45) is 4.29. The number of carboxylic acid groups (broad SMARTS) is 1. The molecule has 0 radical (unpaired) electrons. The lowest BCUT2D eigenvalue weighted by Gasteiger charge is -2.35. The van der Waals surface area contributed by atoms with Crippen LogP contribution in [0.4, 0.5) is 24.5 Å². The van der Waals surface area contributed by atoms with Gasteiger partial charge in [-0.25, -0.2) is 13.2 Å². The van der Waals surface area contributed by atoms with Crippen LogP contribution < -0.4 is 30.3 Å². The molecule has 22 nitrogen and oxygen atoms in total. The van der Waals surface area contributed by atoms with E-state index in [2.05, 4.69) is 34.5 Å². The number of benzene rings is 4. The van der Waals surface area contributed by atoms with E-state index in [9.17, 15) is 50.1 Å². The normalized spacial score (nSPS) is 14.0. The number of ether oxygens (including phenoxy) is 3. The number of amides is 2. The van der Waals surface area contributed by atoms with E-state index in [4.69, 9.17) is 102 Å². The predicted molar refractivity (Wildman–Crippen MR) is 339 cm³/mol. The Labute approximate surface area is 548 Å². The zero-order valence-electron chi connectivity index (χ0n) is 50.5. The number of hydrogen-bond acceptors (Lipinski definition) is 16. The Balaban J connectivity index is 0.000000249. The molecule has 1 aliphatic carbocycles. The van der Waals surface area contributed by atoms with Gasteiger partial charge in [0.05, 0.1) is 80.8 Å². The molecule has 496 valence electrons. The number of sulfone groups is 1. The number of nitrogens with one attached hydrogen (secondary N) is 1. The van der Waals surface area contributed by atoms with Crippen LogP contribution in [0.1, 0.15) is 105 Å². The van der Waals surface area contributed by atoms with Crippen molar-refractivity contribution in [3.8, 4) is 29.5 Å². The van der Waals surface area contributed by atoms with Crippen molar-refractivity contribution in [2.75, 3.05) is 61.7 Å². The number of terminal acetylenes is 1. The second kappa shape index (κ2) is 33.9. The number of hydrogen-bond donors (Lipinski definition) is 4. The van der Waals surface area contributed by atoms with Crippen LogP contribution in [-0.4, -0.2) is 131 Å². The second-order valence-corrected chi connectivity index (χ2v) is 27.0. The molecule has 4 N–H and O–H groups in total. The molecule has 3 heterocycles. The van der Waals surface area contributed by atoms with E-state index in [0.717, 1.165) is 58.8 Å². The third kappa shape index (κ3) is 22.4. The lowest BCUT2D eigenvalue weighted by Crippen LogP contribution is -2.47. The molecule has 0 saturated heterocycles. The second-order valence-electron chi connectivity index (χ2n) is 21.2. The number of fused-ring (bicyclic) bond motifs is 1. The molecule has 0 bridgehead atoms. The molecule has 1 saturated carbocycles. The van der Waals surface area contributed by atoms with Gasteiger partial charge in [0.25, 0.3) is 5.91 Å². The Bertz CT molecular complexity index is 3790. The Morgan fingerprint density at radius 3 is 2.19 bits per heavy atom. The highest BCUT2D eigenvalue weighted by molar-refractivity contribution is 7.90. The molecule has 91 heavy (non-hydrogen) atoms. The summed E-state index contributed by atoms with van der Waals surface area (Å²) >= 11 is 29.2. The number of carbonyl (C=O) groups is 4. The molecule has 6 aromatic rings. The maximum atomic E-state index is 12.8. The van der Waals surface area contributed by atoms with Gasteiger partial charge in [0.15, 0.2) is 26.2 Å². The summed E-state index contributed by atoms with van der Waals surface area (Å²) < 4.78 is 99.6. The number of halogens is 8. The SMILES string of the molecule is C#CCOc1cc(-n2nc(C(C)(C)C)oc2=O)c(Cl)cc1Cl.CC1COc2ccccc2N1C(=O)C(Cl)Cl.CCc1cccc(C)c1N(C(=O)CCl)C(C)COC.CS(=O)(=O)c1cc(C(F)(F)F)ccc1C(=O)c1cnoc1C1CC1.O=C(O)CNCP(=O)(O)O. The topological polar surface area (TPSA) is 300 Å². The van der Waals surface area contributed by atoms with E-state index >= 15 is 0 Å². The minimum atomic E-state index is -4.71. The first-order valence-corrected chi connectivity index (χ1v) is 33.1. The summed E-state index contributed by atoms with van der Waals surface area (Å²) in [5, 5.41) is 18.3. The molecule has 8 rings (SSSR count). The van der Waals surface area contributed by atoms with Gasteiger partial charge in [-0.05, 0) is 87.6 Å². The van der Waals surface area contributed by atoms with Crippen LogP contribution >= 0.6 is 65.6 Å². The summed E-state index contributed by atoms with van der Waals surface area (Å²) in [6, 6.07) is 18.3. The standard InChI is InChI=1S/C15H14Cl2N2O3.C15H22ClNO2.C15H12F3NO4S.C11H11Cl2NO2.C3H8NO5P/c1-5-6-21-12-8-11(9(16)7-10(12)17)19-14(20)22-13(18-19)15(2,3)4;1-5-13-8-6-7-11(2)15(13)17(14(18)9-16)12(3)10-19-4;1-24(21,22)12-6-9(15(16,17)18)4-5-10(12)13(20)11-7-19-23-14(11)8-2-3-8;1-7-6-16-9-5-3-2-4-8(9)14(7)11(15)10(12)13;5-3(6)1-4-2-10(7,8)9/h1,7-8H,6H2,2-4H3;6-8,12H,5,9-10H2,1-4H3;4-8H,2-3H2,1H3;2-5,7,10H,6H2,1H3;4H,1-2H2,(H,5,6)(H2,7,8,9). The maximum Gasteiger partial charge on any atom is 0.442 e. The molecule has 1 aliphatic heterocycles. The van der Waals surface area contributed by atoms with Gasteiger partial charge in [0, 0.05) is 36.3 Å². The smallest absolute Gasteiger partial charge is 0.442 e. The fourth-order valence-corrected chi connectivity index (χ4v) is 10.6. The predicted octanol–water partition coefficient (Wildman–Crippen LogP) is 11.2. The average molecular weight is 1410 g/mol. The van der Waals surface area contributed by atoms with Gasteiger partial charge in [-0.3, -0.25) is 29.1 Å². The lowest BCUT2D eigenvalue weighted by atomic mass is 9.97. The van der Waals surface area contributed by atoms with Crippen molar-refractivity contribution in [2.24, 2.45) is 0 Å². The monoisotopic (exact) mass is 1410 g/mol. The van der Waals surface area contributed by atoms with Crippen molar-refractivity contribution in [2.45, 2.75) is 107 Å². The van der Waals surface area contributed by atoms with E-state index in [1.807, 2.05) is 77.9 Å². The van der Waals surface area contributed by atoms with Gasteiger partial charge in [-0.1, -0.05) is 116 Å². The summed E-state index contributed by atoms with van der Waals surface area (Å²) in [6.45, 7) is 14.2. The molecule has 2 aliphatic rings. The van der Waals surface area contributed by atoms with E-state index in [0.29, 0.717) is 54.2 Å². The van der Waals surface area contributed by atoms with Crippen molar-refractivity contribution < 1.29 is 83.4 Å². The number of aryl methyl sites for hydroxylation is 2. The van der Waals surface area contributed by atoms with E-state index < -0.39 is 74.7 Å². The molecule has 2 atom stereocenters. The summed E-state index contributed by atoms with van der Waals surface area (Å²) in [7, 11) is -6.50. The van der Waals surface area contributed by atoms with Gasteiger partial charge in [-0.15, -0.1) is 23.1 Å². The highest BCUT2D eigenvalue weighted by Crippen LogP contribution is 2.43. The number of anilines is 2. The molecule has 32 heteroatoms. The molecule has 2 amide bonds. The zero-order chi connectivity index (χ0) is 68.5. The van der Waals surface area contributed by atoms with E-state index in [1.54, 1.807) is 16.9 Å². The van der Waals surface area contributed by atoms with E-state index in [-0.39, 0.29) is 63.5 Å². The minimum Gasteiger partial charge on any atom is -0.489 e. The van der Waals surface area contributed by atoms with Gasteiger partial charge < -0.3 is 47.8 Å². The number of para-hydroxylation sites is 3. The Hall–Kier alpha value is -6.47. The summed E-state index contributed by atoms with van der Waals surface area (Å²) in [5.41, 5.74) is 2.46. The van der Waals surface area contributed by atoms with E-state index in [1.165, 1.54) is 18.3 Å². The van der Waals surface area contributed by atoms with Crippen molar-refractivity contribution >= 4 is 110 Å². The van der Waals surface area contributed by atoms with Crippen LogP contribution in [-0.2, 0) is 51.5 Å². The third-order valence-corrected chi connectivity index (χ3v) is 15.7. The number of aromatic nitrogens is 3. The molecular formula is C59H67Cl5F3N6O16PS. The van der Waals surface area contributed by atoms with Crippen LogP contribution in [0.3, 0.4) is 0 Å². The van der Waals surface area contributed by atoms with Gasteiger partial charge >= 0.3 is 25.5 Å². The molecular weight excluding hydrogens is 1350 g/mol. The number of methoxy groups -OCH3 is 1. The first-order valence-electron chi connectivity index (χ1n) is 27.2. The van der Waals surface area contributed by atoms with Crippen LogP contribution in [0.5, 0.6) is 11.5 Å². The van der Waals surface area contributed by atoms with Crippen molar-refractivity contribution in [1.29, 1.82) is 0 Å². The average Bonchev–Trinajstić information content (AvgIpc) is 1.80. The molecule has 0 spiro atoms. The lowest BCUT2D eigenvalue weighted by molar-refractivity contribution is -0.138. The first kappa shape index (κ1) is 77.0. The van der Waals surface area contributed by atoms with Crippen LogP contribution in [0.15, 0.2) is 97.6 Å². The maximum absolute atomic E-state index is 12.8. The fraction of sp³-hybridized carbons (Fsp3) is 0.407. The fourth-order valence-electron chi connectivity index (χ4n) is 8.41. The molecule has 1 fully saturated rings. The zero-order valence-corrected chi connectivity index (χ0v) is 56.0. The Kier molecular flexibility index (Phi) is 28.7. The Morgan fingerprint density at radius 2 is 1.65 bits per heavy atom. The van der Waals surface area contributed by atoms with Crippen LogP contribution in [0.2, 0.25) is 10.0 Å². The highest BCUT2D eigenvalue weighted by Gasteiger charge is 2.37. The minimum absolute atomic E-state index is 0.0223.